The van der Waals surface area contributed by atoms with Crippen molar-refractivity contribution in [2.24, 2.45) is 0 Å². The zero-order valence-corrected chi connectivity index (χ0v) is 31.2. The average Bonchev–Trinajstić information content (AvgIpc) is 3.68. The van der Waals surface area contributed by atoms with E-state index in [1.54, 1.807) is 0 Å². The molecule has 0 atom stereocenters. The Hall–Kier alpha value is -7.96. The van der Waals surface area contributed by atoms with Crippen molar-refractivity contribution in [2.75, 3.05) is 4.90 Å². The molecule has 5 heterocycles. The van der Waals surface area contributed by atoms with E-state index in [9.17, 15) is 0 Å². The van der Waals surface area contributed by atoms with Gasteiger partial charge in [-0.15, -0.1) is 0 Å². The maximum atomic E-state index is 6.05. The van der Waals surface area contributed by atoms with Crippen LogP contribution < -0.4 is 4.90 Å². The first-order chi connectivity index (χ1) is 28.7. The molecule has 0 aliphatic rings. The van der Waals surface area contributed by atoms with Crippen LogP contribution in [0.4, 0.5) is 17.1 Å². The lowest BCUT2D eigenvalue weighted by molar-refractivity contribution is 0.668. The van der Waals surface area contributed by atoms with Crippen LogP contribution in [0.1, 0.15) is 0 Å². The molecule has 0 unspecified atom stereocenters. The predicted molar refractivity (Wildman–Crippen MR) is 236 cm³/mol. The summed E-state index contributed by atoms with van der Waals surface area (Å²) in [6, 6.07) is 64.9. The molecule has 0 aliphatic heterocycles. The van der Waals surface area contributed by atoms with Gasteiger partial charge in [0.05, 0.1) is 28.1 Å². The van der Waals surface area contributed by atoms with Crippen molar-refractivity contribution in [3.63, 3.8) is 0 Å². The second-order valence-corrected chi connectivity index (χ2v) is 14.3. The number of fused-ring (bicyclic) bond motifs is 5. The van der Waals surface area contributed by atoms with Crippen LogP contribution in [0.25, 0.3) is 88.8 Å². The molecular formula is C52H33N5O. The Kier molecular flexibility index (Phi) is 8.04. The van der Waals surface area contributed by atoms with Gasteiger partial charge in [-0.1, -0.05) is 103 Å². The van der Waals surface area contributed by atoms with E-state index in [2.05, 4.69) is 126 Å². The molecule has 6 heteroatoms. The van der Waals surface area contributed by atoms with Gasteiger partial charge in [0.15, 0.2) is 5.58 Å². The maximum absolute atomic E-state index is 6.05. The third-order valence-corrected chi connectivity index (χ3v) is 10.7. The molecule has 11 rings (SSSR count). The Labute approximate surface area is 334 Å². The Morgan fingerprint density at radius 1 is 0.397 bits per heavy atom. The number of para-hydroxylation sites is 2. The third kappa shape index (κ3) is 6.01. The van der Waals surface area contributed by atoms with Gasteiger partial charge in [-0.05, 0) is 90.5 Å². The summed E-state index contributed by atoms with van der Waals surface area (Å²) >= 11 is 0. The van der Waals surface area contributed by atoms with E-state index in [1.165, 1.54) is 0 Å². The van der Waals surface area contributed by atoms with E-state index in [4.69, 9.17) is 24.4 Å². The van der Waals surface area contributed by atoms with Crippen LogP contribution in [0, 0.1) is 0 Å². The van der Waals surface area contributed by atoms with Gasteiger partial charge in [-0.3, -0.25) is 9.97 Å². The first kappa shape index (κ1) is 33.4. The molecule has 0 spiro atoms. The van der Waals surface area contributed by atoms with Crippen LogP contribution in [-0.4, -0.2) is 19.9 Å². The number of nitrogens with zero attached hydrogens (tertiary/aromatic N) is 5. The fourth-order valence-corrected chi connectivity index (χ4v) is 7.82. The molecular weight excluding hydrogens is 711 g/mol. The summed E-state index contributed by atoms with van der Waals surface area (Å²) in [6.07, 6.45) is 3.78. The maximum Gasteiger partial charge on any atom is 0.153 e. The predicted octanol–water partition coefficient (Wildman–Crippen LogP) is 13.6. The molecule has 272 valence electrons. The molecule has 0 fully saturated rings. The lowest BCUT2D eigenvalue weighted by Crippen LogP contribution is -2.09. The van der Waals surface area contributed by atoms with Gasteiger partial charge in [0.25, 0.3) is 0 Å². The molecule has 0 aliphatic carbocycles. The van der Waals surface area contributed by atoms with Gasteiger partial charge >= 0.3 is 0 Å². The number of aromatic nitrogens is 4. The summed E-state index contributed by atoms with van der Waals surface area (Å²) in [5, 5.41) is 3.18. The van der Waals surface area contributed by atoms with Gasteiger partial charge in [0.2, 0.25) is 0 Å². The van der Waals surface area contributed by atoms with Crippen LogP contribution in [0.2, 0.25) is 0 Å². The van der Waals surface area contributed by atoms with Crippen molar-refractivity contribution in [1.29, 1.82) is 0 Å². The topological polar surface area (TPSA) is 67.9 Å². The first-order valence-electron chi connectivity index (χ1n) is 19.3. The quantitative estimate of drug-likeness (QED) is 0.162. The Morgan fingerprint density at radius 2 is 1.05 bits per heavy atom. The molecule has 0 saturated heterocycles. The molecule has 0 N–H and O–H groups in total. The van der Waals surface area contributed by atoms with Crippen molar-refractivity contribution in [3.05, 3.63) is 200 Å². The normalized spacial score (nSPS) is 11.4. The summed E-state index contributed by atoms with van der Waals surface area (Å²) in [5.41, 5.74) is 15.4. The summed E-state index contributed by atoms with van der Waals surface area (Å²) in [4.78, 5) is 21.9. The number of rotatable bonds is 7. The largest absolute Gasteiger partial charge is 0.454 e. The minimum Gasteiger partial charge on any atom is -0.454 e. The second kappa shape index (κ2) is 14.0. The third-order valence-electron chi connectivity index (χ3n) is 10.7. The lowest BCUT2D eigenvalue weighted by atomic mass is 10.0. The van der Waals surface area contributed by atoms with Crippen molar-refractivity contribution >= 4 is 60.9 Å². The summed E-state index contributed by atoms with van der Waals surface area (Å²) in [7, 11) is 0. The number of benzene rings is 6. The van der Waals surface area contributed by atoms with Crippen LogP contribution in [0.3, 0.4) is 0 Å². The zero-order valence-electron chi connectivity index (χ0n) is 31.2. The van der Waals surface area contributed by atoms with Crippen LogP contribution in [0.15, 0.2) is 205 Å². The highest BCUT2D eigenvalue weighted by Gasteiger charge is 2.17. The van der Waals surface area contributed by atoms with E-state index in [1.807, 2.05) is 79.1 Å². The van der Waals surface area contributed by atoms with Crippen LogP contribution >= 0.6 is 0 Å². The number of hydrogen-bond donors (Lipinski definition) is 0. The molecule has 0 saturated carbocycles. The minimum absolute atomic E-state index is 0.783. The minimum atomic E-state index is 0.783. The fourth-order valence-electron chi connectivity index (χ4n) is 7.82. The van der Waals surface area contributed by atoms with Crippen molar-refractivity contribution < 1.29 is 4.42 Å². The Bertz CT molecular complexity index is 3270. The fraction of sp³-hybridized carbons (Fsp3) is 0. The summed E-state index contributed by atoms with van der Waals surface area (Å²) in [6.45, 7) is 0. The second-order valence-electron chi connectivity index (χ2n) is 14.3. The van der Waals surface area contributed by atoms with E-state index in [-0.39, 0.29) is 0 Å². The van der Waals surface area contributed by atoms with E-state index < -0.39 is 0 Å². The molecule has 58 heavy (non-hydrogen) atoms. The van der Waals surface area contributed by atoms with Gasteiger partial charge in [0.1, 0.15) is 11.1 Å². The van der Waals surface area contributed by atoms with Crippen molar-refractivity contribution in [1.82, 2.24) is 19.9 Å². The molecule has 6 nitrogen and oxygen atoms in total. The van der Waals surface area contributed by atoms with Gasteiger partial charge in [0, 0.05) is 67.9 Å². The zero-order chi connectivity index (χ0) is 38.4. The molecule has 0 bridgehead atoms. The van der Waals surface area contributed by atoms with Crippen molar-refractivity contribution in [3.8, 4) is 44.9 Å². The SMILES string of the molecule is c1ccc(-c2nc(-c3ccc(N(c4ccc(-c5cnc6ccccc6c5)cc4)c4ccc(-c5ccc6oc7ccccc7c6n5)cc4)cc3)cc3cccnc23)cc1. The van der Waals surface area contributed by atoms with Gasteiger partial charge in [-0.25, -0.2) is 9.97 Å². The van der Waals surface area contributed by atoms with Crippen LogP contribution in [-0.2, 0) is 0 Å². The van der Waals surface area contributed by atoms with Crippen molar-refractivity contribution in [2.45, 2.75) is 0 Å². The summed E-state index contributed by atoms with van der Waals surface area (Å²) in [5.74, 6) is 0. The Morgan fingerprint density at radius 3 is 1.83 bits per heavy atom. The molecule has 0 amide bonds. The van der Waals surface area contributed by atoms with E-state index in [0.717, 1.165) is 106 Å². The van der Waals surface area contributed by atoms with Gasteiger partial charge in [-0.2, -0.15) is 0 Å². The smallest absolute Gasteiger partial charge is 0.153 e. The number of furan rings is 1. The Balaban J connectivity index is 0.979. The lowest BCUT2D eigenvalue weighted by Gasteiger charge is -2.26. The molecule has 6 aromatic carbocycles. The van der Waals surface area contributed by atoms with Crippen LogP contribution in [0.5, 0.6) is 0 Å². The number of pyridine rings is 4. The molecule has 11 aromatic rings. The standard InChI is InChI=1S/C52H33N5O/c1-2-9-37(10-3-1)51-50-39(12-8-30-53-50)32-47(56-51)36-20-26-43(27-21-36)57(41-22-16-34(17-23-41)40-31-38-11-4-6-14-45(38)54-33-40)42-24-18-35(19-25-42)46-28-29-49-52(55-46)44-13-5-7-15-48(44)58-49/h1-33H. The average molecular weight is 744 g/mol. The van der Waals surface area contributed by atoms with E-state index in [0.29, 0.717) is 0 Å². The highest BCUT2D eigenvalue weighted by Crippen LogP contribution is 2.39. The first-order valence-corrected chi connectivity index (χ1v) is 19.3. The van der Waals surface area contributed by atoms with E-state index >= 15 is 0 Å². The summed E-state index contributed by atoms with van der Waals surface area (Å²) < 4.78 is 6.05. The molecule has 5 aromatic heterocycles. The highest BCUT2D eigenvalue weighted by atomic mass is 16.3. The van der Waals surface area contributed by atoms with Gasteiger partial charge < -0.3 is 9.32 Å². The number of hydrogen-bond acceptors (Lipinski definition) is 6. The number of anilines is 3. The monoisotopic (exact) mass is 743 g/mol. The molecule has 0 radical (unpaired) electrons. The highest BCUT2D eigenvalue weighted by molar-refractivity contribution is 6.03.